The number of rotatable bonds is 8. The topological polar surface area (TPSA) is 86.2 Å². The fourth-order valence-electron chi connectivity index (χ4n) is 0.818. The van der Waals surface area contributed by atoms with Crippen LogP contribution in [-0.4, -0.2) is 45.0 Å². The van der Waals surface area contributed by atoms with Crippen molar-refractivity contribution in [1.29, 1.82) is 0 Å². The monoisotopic (exact) mass is 282 g/mol. The van der Waals surface area contributed by atoms with E-state index in [1.165, 1.54) is 0 Å². The molecule has 17 heavy (non-hydrogen) atoms. The van der Waals surface area contributed by atoms with Crippen molar-refractivity contribution < 1.29 is 8.42 Å². The fraction of sp³-hybridized carbons (Fsp3) is 0.818. The average molecular weight is 282 g/mol. The van der Waals surface area contributed by atoms with Crippen molar-refractivity contribution in [2.45, 2.75) is 19.8 Å². The predicted octanol–water partition coefficient (Wildman–Crippen LogP) is 0.374. The zero-order valence-electron chi connectivity index (χ0n) is 10.9. The molecule has 6 heteroatoms. The maximum atomic E-state index is 11.0. The van der Waals surface area contributed by atoms with Crippen molar-refractivity contribution >= 4 is 21.6 Å². The molecule has 0 spiro atoms. The van der Waals surface area contributed by atoms with Crippen LogP contribution >= 0.6 is 0 Å². The van der Waals surface area contributed by atoms with E-state index in [1.807, 2.05) is 19.1 Å². The maximum absolute atomic E-state index is 11.0. The molecule has 0 fully saturated rings. The van der Waals surface area contributed by atoms with Gasteiger partial charge in [-0.2, -0.15) is 0 Å². The standard InChI is InChI=1S/C7H15NOS.C4H11NOS/c1-2-3-6-10(9)7-4-5-8;1-7(6)4-2-3-5/h2-3H,4-8H2,1H3;2-5H2,1H3/b3-2+;. The lowest BCUT2D eigenvalue weighted by Crippen LogP contribution is -2.07. The molecule has 0 amide bonds. The summed E-state index contributed by atoms with van der Waals surface area (Å²) in [6.45, 7) is 3.22. The number of nitrogens with two attached hydrogens (primary N) is 2. The van der Waals surface area contributed by atoms with Gasteiger partial charge in [0.1, 0.15) is 0 Å². The minimum atomic E-state index is -0.687. The molecule has 2 atom stereocenters. The summed E-state index contributed by atoms with van der Waals surface area (Å²) in [4.78, 5) is 0. The van der Waals surface area contributed by atoms with Gasteiger partial charge in [-0.05, 0) is 32.9 Å². The molecule has 0 radical (unpaired) electrons. The zero-order chi connectivity index (χ0) is 13.5. The second-order valence-electron chi connectivity index (χ2n) is 3.44. The van der Waals surface area contributed by atoms with Crippen LogP contribution in [-0.2, 0) is 21.6 Å². The lowest BCUT2D eigenvalue weighted by atomic mass is 10.5. The molecule has 2 unspecified atom stereocenters. The minimum Gasteiger partial charge on any atom is -0.330 e. The molecule has 0 saturated carbocycles. The summed E-state index contributed by atoms with van der Waals surface area (Å²) in [6.07, 6.45) is 7.27. The molecule has 0 rings (SSSR count). The highest BCUT2D eigenvalue weighted by Gasteiger charge is 1.93. The molecule has 0 bridgehead atoms. The van der Waals surface area contributed by atoms with Crippen molar-refractivity contribution in [3.05, 3.63) is 12.2 Å². The van der Waals surface area contributed by atoms with Crippen molar-refractivity contribution in [2.24, 2.45) is 11.5 Å². The molecule has 0 aliphatic heterocycles. The van der Waals surface area contributed by atoms with Crippen LogP contribution in [0.3, 0.4) is 0 Å². The SMILES string of the molecule is C/C=C/CS(=O)CCCN.CS(=O)CCCN. The summed E-state index contributed by atoms with van der Waals surface area (Å²) >= 11 is 0. The van der Waals surface area contributed by atoms with Gasteiger partial charge in [-0.15, -0.1) is 0 Å². The van der Waals surface area contributed by atoms with E-state index in [0.717, 1.165) is 24.3 Å². The van der Waals surface area contributed by atoms with E-state index in [4.69, 9.17) is 11.5 Å². The molecule has 4 nitrogen and oxygen atoms in total. The van der Waals surface area contributed by atoms with Gasteiger partial charge in [-0.1, -0.05) is 12.2 Å². The van der Waals surface area contributed by atoms with Crippen molar-refractivity contribution in [3.8, 4) is 0 Å². The first-order chi connectivity index (χ1) is 8.08. The van der Waals surface area contributed by atoms with E-state index in [-0.39, 0.29) is 0 Å². The Labute approximate surface area is 110 Å². The van der Waals surface area contributed by atoms with Crippen LogP contribution in [0.15, 0.2) is 12.2 Å². The lowest BCUT2D eigenvalue weighted by molar-refractivity contribution is 0.682. The Morgan fingerprint density at radius 1 is 1.06 bits per heavy atom. The third-order valence-electron chi connectivity index (χ3n) is 1.73. The maximum Gasteiger partial charge on any atom is 0.0415 e. The lowest BCUT2D eigenvalue weighted by Gasteiger charge is -1.94. The molecule has 104 valence electrons. The van der Waals surface area contributed by atoms with Gasteiger partial charge in [0.05, 0.1) is 0 Å². The molecular weight excluding hydrogens is 256 g/mol. The van der Waals surface area contributed by atoms with Crippen LogP contribution in [0.5, 0.6) is 0 Å². The molecule has 0 heterocycles. The van der Waals surface area contributed by atoms with Crippen LogP contribution in [0.1, 0.15) is 19.8 Å². The third-order valence-corrected chi connectivity index (χ3v) is 3.90. The van der Waals surface area contributed by atoms with Crippen molar-refractivity contribution in [2.75, 3.05) is 36.6 Å². The summed E-state index contributed by atoms with van der Waals surface area (Å²) in [5.41, 5.74) is 10.4. The largest absolute Gasteiger partial charge is 0.330 e. The first-order valence-electron chi connectivity index (χ1n) is 5.74. The highest BCUT2D eigenvalue weighted by molar-refractivity contribution is 7.85. The smallest absolute Gasteiger partial charge is 0.0415 e. The van der Waals surface area contributed by atoms with Crippen LogP contribution in [0.2, 0.25) is 0 Å². The van der Waals surface area contributed by atoms with Crippen LogP contribution in [0, 0.1) is 0 Å². The number of allylic oxidation sites excluding steroid dienone is 1. The molecule has 0 aromatic heterocycles. The second kappa shape index (κ2) is 16.0. The molecule has 0 aromatic carbocycles. The summed E-state index contributed by atoms with van der Waals surface area (Å²) in [6, 6.07) is 0. The van der Waals surface area contributed by atoms with E-state index >= 15 is 0 Å². The Morgan fingerprint density at radius 2 is 1.59 bits per heavy atom. The molecule has 0 aromatic rings. The Bertz CT molecular complexity index is 234. The molecule has 0 saturated heterocycles. The highest BCUT2D eigenvalue weighted by atomic mass is 32.2. The van der Waals surface area contributed by atoms with Gasteiger partial charge in [0.2, 0.25) is 0 Å². The quantitative estimate of drug-likeness (QED) is 0.630. The Hall–Kier alpha value is -0.0400. The number of hydrogen-bond acceptors (Lipinski definition) is 4. The van der Waals surface area contributed by atoms with E-state index in [0.29, 0.717) is 18.8 Å². The summed E-state index contributed by atoms with van der Waals surface area (Å²) in [7, 11) is -1.33. The van der Waals surface area contributed by atoms with E-state index in [2.05, 4.69) is 0 Å². The first-order valence-corrected chi connectivity index (χ1v) is 8.96. The Morgan fingerprint density at radius 3 is 1.94 bits per heavy atom. The normalized spacial score (nSPS) is 14.1. The van der Waals surface area contributed by atoms with E-state index in [9.17, 15) is 8.42 Å². The minimum absolute atomic E-state index is 0.640. The van der Waals surface area contributed by atoms with Gasteiger partial charge in [-0.25, -0.2) is 0 Å². The van der Waals surface area contributed by atoms with E-state index < -0.39 is 21.6 Å². The van der Waals surface area contributed by atoms with Crippen molar-refractivity contribution in [1.82, 2.24) is 0 Å². The van der Waals surface area contributed by atoms with Crippen molar-refractivity contribution in [3.63, 3.8) is 0 Å². The third kappa shape index (κ3) is 21.7. The second-order valence-corrected chi connectivity index (χ2v) is 6.62. The van der Waals surface area contributed by atoms with E-state index in [1.54, 1.807) is 6.26 Å². The molecule has 0 aliphatic rings. The van der Waals surface area contributed by atoms with Gasteiger partial charge in [0, 0.05) is 45.1 Å². The summed E-state index contributed by atoms with van der Waals surface area (Å²) in [5.74, 6) is 2.16. The van der Waals surface area contributed by atoms with Crippen LogP contribution in [0.25, 0.3) is 0 Å². The number of hydrogen-bond donors (Lipinski definition) is 2. The molecule has 4 N–H and O–H groups in total. The summed E-state index contributed by atoms with van der Waals surface area (Å²) in [5, 5.41) is 0. The van der Waals surface area contributed by atoms with Gasteiger partial charge in [0.15, 0.2) is 0 Å². The van der Waals surface area contributed by atoms with Gasteiger partial charge in [0.25, 0.3) is 0 Å². The molecule has 0 aliphatic carbocycles. The first kappa shape index (κ1) is 19.3. The fourth-order valence-corrected chi connectivity index (χ4v) is 2.45. The van der Waals surface area contributed by atoms with Gasteiger partial charge >= 0.3 is 0 Å². The molecular formula is C11H26N2O2S2. The Balaban J connectivity index is 0. The average Bonchev–Trinajstić information content (AvgIpc) is 2.31. The van der Waals surface area contributed by atoms with Crippen LogP contribution < -0.4 is 11.5 Å². The van der Waals surface area contributed by atoms with Crippen LogP contribution in [0.4, 0.5) is 0 Å². The predicted molar refractivity (Wildman–Crippen MR) is 79.0 cm³/mol. The zero-order valence-corrected chi connectivity index (χ0v) is 12.5. The van der Waals surface area contributed by atoms with Gasteiger partial charge < -0.3 is 11.5 Å². The highest BCUT2D eigenvalue weighted by Crippen LogP contribution is 1.87. The Kier molecular flexibility index (Phi) is 18.1. The van der Waals surface area contributed by atoms with Gasteiger partial charge in [-0.3, -0.25) is 8.42 Å². The summed E-state index contributed by atoms with van der Waals surface area (Å²) < 4.78 is 21.2.